The van der Waals surface area contributed by atoms with Gasteiger partial charge < -0.3 is 4.90 Å². The van der Waals surface area contributed by atoms with E-state index in [1.165, 1.54) is 5.75 Å². The van der Waals surface area contributed by atoms with Crippen molar-refractivity contribution in [3.63, 3.8) is 0 Å². The Morgan fingerprint density at radius 2 is 1.93 bits per heavy atom. The summed E-state index contributed by atoms with van der Waals surface area (Å²) in [5.41, 5.74) is 0. The van der Waals surface area contributed by atoms with Crippen LogP contribution >= 0.6 is 35.0 Å². The average molecular weight is 265 g/mol. The van der Waals surface area contributed by atoms with Crippen molar-refractivity contribution in [3.8, 4) is 0 Å². The number of rotatable bonds is 2. The Labute approximate surface area is 102 Å². The number of hydrogen-bond acceptors (Lipinski definition) is 5. The lowest BCUT2D eigenvalue weighted by atomic mass is 10.2. The monoisotopic (exact) mass is 264 g/mol. The predicted molar refractivity (Wildman–Crippen MR) is 64.0 cm³/mol. The van der Waals surface area contributed by atoms with Gasteiger partial charge >= 0.3 is 0 Å². The van der Waals surface area contributed by atoms with Crippen molar-refractivity contribution < 1.29 is 0 Å². The molecule has 0 aromatic carbocycles. The standard InChI is InChI=1S/C8H10Cl2N4S/c1-14(5-2-3-15-4-5)8-12-6(9)11-7(10)13-8/h5H,2-4H2,1H3. The van der Waals surface area contributed by atoms with E-state index in [0.717, 1.165) is 12.2 Å². The van der Waals surface area contributed by atoms with Crippen LogP contribution < -0.4 is 4.90 Å². The number of nitrogens with zero attached hydrogens (tertiary/aromatic N) is 4. The highest BCUT2D eigenvalue weighted by atomic mass is 35.5. The first kappa shape index (κ1) is 11.2. The van der Waals surface area contributed by atoms with E-state index in [9.17, 15) is 0 Å². The lowest BCUT2D eigenvalue weighted by Crippen LogP contribution is -2.32. The van der Waals surface area contributed by atoms with Crippen LogP contribution in [0.1, 0.15) is 6.42 Å². The van der Waals surface area contributed by atoms with Crippen LogP contribution in [0, 0.1) is 0 Å². The summed E-state index contributed by atoms with van der Waals surface area (Å²) in [5.74, 6) is 2.83. The fraction of sp³-hybridized carbons (Fsp3) is 0.625. The molecule has 0 radical (unpaired) electrons. The fourth-order valence-electron chi connectivity index (χ4n) is 1.46. The highest BCUT2D eigenvalue weighted by molar-refractivity contribution is 7.99. The summed E-state index contributed by atoms with van der Waals surface area (Å²) in [6, 6.07) is 0.463. The third kappa shape index (κ3) is 2.65. The Kier molecular flexibility index (Phi) is 3.53. The molecule has 4 nitrogen and oxygen atoms in total. The molecule has 7 heteroatoms. The molecule has 2 heterocycles. The number of aromatic nitrogens is 3. The fourth-order valence-corrected chi connectivity index (χ4v) is 3.09. The first-order valence-electron chi connectivity index (χ1n) is 4.54. The van der Waals surface area contributed by atoms with E-state index in [1.807, 2.05) is 23.7 Å². The second-order valence-electron chi connectivity index (χ2n) is 3.30. The van der Waals surface area contributed by atoms with Gasteiger partial charge in [-0.25, -0.2) is 0 Å². The van der Waals surface area contributed by atoms with E-state index in [0.29, 0.717) is 12.0 Å². The summed E-state index contributed by atoms with van der Waals surface area (Å²) in [6.07, 6.45) is 1.14. The van der Waals surface area contributed by atoms with Crippen LogP contribution in [0.2, 0.25) is 10.6 Å². The summed E-state index contributed by atoms with van der Waals surface area (Å²) in [4.78, 5) is 13.8. The molecule has 82 valence electrons. The maximum Gasteiger partial charge on any atom is 0.230 e. The molecule has 0 aliphatic carbocycles. The van der Waals surface area contributed by atoms with Crippen molar-refractivity contribution in [1.82, 2.24) is 15.0 Å². The summed E-state index contributed by atoms with van der Waals surface area (Å²) in [7, 11) is 1.96. The third-order valence-electron chi connectivity index (χ3n) is 2.34. The number of hydrogen-bond donors (Lipinski definition) is 0. The highest BCUT2D eigenvalue weighted by Crippen LogP contribution is 2.24. The molecular weight excluding hydrogens is 255 g/mol. The van der Waals surface area contributed by atoms with Gasteiger partial charge in [0.05, 0.1) is 0 Å². The van der Waals surface area contributed by atoms with Crippen LogP contribution in [0.15, 0.2) is 0 Å². The topological polar surface area (TPSA) is 41.9 Å². The third-order valence-corrected chi connectivity index (χ3v) is 3.82. The van der Waals surface area contributed by atoms with Crippen LogP contribution in [-0.2, 0) is 0 Å². The van der Waals surface area contributed by atoms with E-state index in [4.69, 9.17) is 23.2 Å². The van der Waals surface area contributed by atoms with E-state index >= 15 is 0 Å². The molecule has 2 rings (SSSR count). The number of halogens is 2. The van der Waals surface area contributed by atoms with Crippen molar-refractivity contribution in [2.45, 2.75) is 12.5 Å². The first-order valence-corrected chi connectivity index (χ1v) is 6.45. The number of anilines is 1. The van der Waals surface area contributed by atoms with Gasteiger partial charge in [0.2, 0.25) is 16.5 Å². The van der Waals surface area contributed by atoms with Gasteiger partial charge in [0.1, 0.15) is 0 Å². The minimum absolute atomic E-state index is 0.141. The minimum atomic E-state index is 0.141. The van der Waals surface area contributed by atoms with E-state index < -0.39 is 0 Å². The Balaban J connectivity index is 2.20. The predicted octanol–water partition coefficient (Wildman–Crippen LogP) is 2.12. The highest BCUT2D eigenvalue weighted by Gasteiger charge is 2.22. The quantitative estimate of drug-likeness (QED) is 0.819. The van der Waals surface area contributed by atoms with E-state index in [1.54, 1.807) is 0 Å². The summed E-state index contributed by atoms with van der Waals surface area (Å²) < 4.78 is 0. The van der Waals surface area contributed by atoms with Crippen molar-refractivity contribution in [2.75, 3.05) is 23.5 Å². The molecule has 1 aliphatic rings. The van der Waals surface area contributed by atoms with Gasteiger partial charge in [-0.15, -0.1) is 0 Å². The molecular formula is C8H10Cl2N4S. The Bertz CT molecular complexity index is 336. The van der Waals surface area contributed by atoms with Crippen LogP contribution in [0.25, 0.3) is 0 Å². The van der Waals surface area contributed by atoms with Gasteiger partial charge in [-0.1, -0.05) is 0 Å². The minimum Gasteiger partial charge on any atom is -0.340 e. The van der Waals surface area contributed by atoms with Crippen LogP contribution in [0.4, 0.5) is 5.95 Å². The Morgan fingerprint density at radius 1 is 1.27 bits per heavy atom. The largest absolute Gasteiger partial charge is 0.340 e. The molecule has 1 atom stereocenters. The van der Waals surface area contributed by atoms with Crippen molar-refractivity contribution in [1.29, 1.82) is 0 Å². The van der Waals surface area contributed by atoms with Crippen LogP contribution in [0.5, 0.6) is 0 Å². The summed E-state index contributed by atoms with van der Waals surface area (Å²) in [6.45, 7) is 0. The molecule has 1 fully saturated rings. The van der Waals surface area contributed by atoms with Gasteiger partial charge in [-0.05, 0) is 35.4 Å². The maximum absolute atomic E-state index is 5.72. The normalized spacial score (nSPS) is 20.6. The average Bonchev–Trinajstić information content (AvgIpc) is 2.67. The SMILES string of the molecule is CN(c1nc(Cl)nc(Cl)n1)C1CCSC1. The van der Waals surface area contributed by atoms with Crippen molar-refractivity contribution in [3.05, 3.63) is 10.6 Å². The van der Waals surface area contributed by atoms with Crippen LogP contribution in [-0.4, -0.2) is 39.5 Å². The second-order valence-corrected chi connectivity index (χ2v) is 5.13. The smallest absolute Gasteiger partial charge is 0.230 e. The molecule has 0 spiro atoms. The van der Waals surface area contributed by atoms with Gasteiger partial charge in [-0.2, -0.15) is 26.7 Å². The molecule has 0 saturated carbocycles. The Hall–Kier alpha value is -0.260. The second kappa shape index (κ2) is 4.72. The zero-order valence-electron chi connectivity index (χ0n) is 8.15. The van der Waals surface area contributed by atoms with Gasteiger partial charge in [0.15, 0.2) is 0 Å². The summed E-state index contributed by atoms with van der Waals surface area (Å²) in [5, 5.41) is 0.282. The molecule has 0 bridgehead atoms. The molecule has 1 aromatic heterocycles. The zero-order chi connectivity index (χ0) is 10.8. The lowest BCUT2D eigenvalue weighted by Gasteiger charge is -2.23. The van der Waals surface area contributed by atoms with Crippen molar-refractivity contribution in [2.24, 2.45) is 0 Å². The van der Waals surface area contributed by atoms with Gasteiger partial charge in [0, 0.05) is 18.8 Å². The lowest BCUT2D eigenvalue weighted by molar-refractivity contribution is 0.679. The number of thioether (sulfide) groups is 1. The summed E-state index contributed by atoms with van der Waals surface area (Å²) >= 11 is 13.4. The molecule has 0 N–H and O–H groups in total. The zero-order valence-corrected chi connectivity index (χ0v) is 10.5. The van der Waals surface area contributed by atoms with Gasteiger partial charge in [0.25, 0.3) is 0 Å². The van der Waals surface area contributed by atoms with E-state index in [-0.39, 0.29) is 10.6 Å². The molecule has 15 heavy (non-hydrogen) atoms. The first-order chi connectivity index (χ1) is 7.16. The van der Waals surface area contributed by atoms with E-state index in [2.05, 4.69) is 15.0 Å². The molecule has 1 aromatic rings. The maximum atomic E-state index is 5.72. The molecule has 1 aliphatic heterocycles. The van der Waals surface area contributed by atoms with Crippen molar-refractivity contribution >= 4 is 40.9 Å². The van der Waals surface area contributed by atoms with Crippen LogP contribution in [0.3, 0.4) is 0 Å². The molecule has 1 saturated heterocycles. The Morgan fingerprint density at radius 3 is 2.47 bits per heavy atom. The molecule has 0 amide bonds. The van der Waals surface area contributed by atoms with Gasteiger partial charge in [-0.3, -0.25) is 0 Å². The molecule has 1 unspecified atom stereocenters.